The second-order valence-corrected chi connectivity index (χ2v) is 6.43. The molecule has 2 fully saturated rings. The molecule has 3 rings (SSSR count). The molecule has 0 radical (unpaired) electrons. The molecule has 22 heavy (non-hydrogen) atoms. The Balaban J connectivity index is 1.54. The van der Waals surface area contributed by atoms with Crippen molar-refractivity contribution in [2.45, 2.75) is 51.5 Å². The molecule has 2 aliphatic carbocycles. The second-order valence-electron chi connectivity index (χ2n) is 6.43. The molecule has 1 N–H and O–H groups in total. The van der Waals surface area contributed by atoms with E-state index in [0.717, 1.165) is 30.4 Å². The number of nitrogens with zero attached hydrogens (tertiary/aromatic N) is 2. The summed E-state index contributed by atoms with van der Waals surface area (Å²) in [5.41, 5.74) is 3.55. The molecule has 0 saturated heterocycles. The quantitative estimate of drug-likeness (QED) is 0.871. The van der Waals surface area contributed by atoms with Gasteiger partial charge >= 0.3 is 0 Å². The number of nitrogens with one attached hydrogen (secondary N) is 1. The molecule has 0 bridgehead atoms. The van der Waals surface area contributed by atoms with Crippen LogP contribution in [0.4, 0.5) is 0 Å². The Morgan fingerprint density at radius 2 is 2.05 bits per heavy atom. The molecule has 0 unspecified atom stereocenters. The van der Waals surface area contributed by atoms with Gasteiger partial charge in [-0.05, 0) is 43.6 Å². The number of hydrogen-bond acceptors (Lipinski definition) is 3. The summed E-state index contributed by atoms with van der Waals surface area (Å²) < 4.78 is 1.38. The Hall–Kier alpha value is -1.91. The van der Waals surface area contributed by atoms with E-state index in [9.17, 15) is 9.59 Å². The molecule has 0 aromatic carbocycles. The van der Waals surface area contributed by atoms with Crippen molar-refractivity contribution in [3.05, 3.63) is 34.7 Å². The molecular formula is C17H23N3O2. The standard InChI is InChI=1S/C17H23N3O2/c21-16(12-20-10-4-3-7-17(20)22)19-18-15-9-8-13-5-1-2-6-14(13)11-15/h3-4,7,10,13-14H,1-2,5-6,8-9,11-12H2,(H,19,21)/b18-15-/t13-,14-/m1/s1. The van der Waals surface area contributed by atoms with Crippen molar-refractivity contribution in [2.75, 3.05) is 0 Å². The van der Waals surface area contributed by atoms with Crippen LogP contribution < -0.4 is 11.0 Å². The molecule has 5 heteroatoms. The lowest BCUT2D eigenvalue weighted by atomic mass is 9.70. The van der Waals surface area contributed by atoms with E-state index in [1.54, 1.807) is 18.3 Å². The monoisotopic (exact) mass is 301 g/mol. The maximum atomic E-state index is 11.9. The van der Waals surface area contributed by atoms with Gasteiger partial charge in [-0.15, -0.1) is 0 Å². The molecule has 1 amide bonds. The third kappa shape index (κ3) is 3.64. The van der Waals surface area contributed by atoms with Crippen molar-refractivity contribution in [1.29, 1.82) is 0 Å². The second kappa shape index (κ2) is 6.90. The Labute approximate surface area is 130 Å². The van der Waals surface area contributed by atoms with Gasteiger partial charge in [0, 0.05) is 18.0 Å². The smallest absolute Gasteiger partial charge is 0.260 e. The van der Waals surface area contributed by atoms with Gasteiger partial charge < -0.3 is 4.57 Å². The van der Waals surface area contributed by atoms with Crippen LogP contribution in [0.15, 0.2) is 34.3 Å². The van der Waals surface area contributed by atoms with E-state index in [0.29, 0.717) is 0 Å². The van der Waals surface area contributed by atoms with E-state index in [4.69, 9.17) is 0 Å². The van der Waals surface area contributed by atoms with Gasteiger partial charge in [0.15, 0.2) is 0 Å². The first-order valence-electron chi connectivity index (χ1n) is 8.22. The number of hydrazone groups is 1. The highest BCUT2D eigenvalue weighted by Gasteiger charge is 2.30. The zero-order valence-corrected chi connectivity index (χ0v) is 12.8. The van der Waals surface area contributed by atoms with Crippen LogP contribution in [0.1, 0.15) is 44.9 Å². The van der Waals surface area contributed by atoms with E-state index in [1.165, 1.54) is 42.7 Å². The highest BCUT2D eigenvalue weighted by Crippen LogP contribution is 2.39. The number of aromatic nitrogens is 1. The predicted molar refractivity (Wildman–Crippen MR) is 85.6 cm³/mol. The van der Waals surface area contributed by atoms with Gasteiger partial charge in [-0.25, -0.2) is 5.43 Å². The number of fused-ring (bicyclic) bond motifs is 1. The maximum absolute atomic E-state index is 11.9. The zero-order valence-electron chi connectivity index (χ0n) is 12.8. The maximum Gasteiger partial charge on any atom is 0.260 e. The normalized spacial score (nSPS) is 26.5. The van der Waals surface area contributed by atoms with E-state index in [-0.39, 0.29) is 18.0 Å². The molecule has 1 aromatic heterocycles. The SMILES string of the molecule is O=C(Cn1ccccc1=O)N/N=C1/CC[C@H]2CCCC[C@@H]2C1. The summed E-state index contributed by atoms with van der Waals surface area (Å²) in [5, 5.41) is 4.30. The third-order valence-corrected chi connectivity index (χ3v) is 4.92. The van der Waals surface area contributed by atoms with Crippen molar-refractivity contribution in [3.8, 4) is 0 Å². The Bertz CT molecular complexity index is 620. The fourth-order valence-electron chi connectivity index (χ4n) is 3.71. The average Bonchev–Trinajstić information content (AvgIpc) is 2.55. The lowest BCUT2D eigenvalue weighted by Crippen LogP contribution is -2.32. The fourth-order valence-corrected chi connectivity index (χ4v) is 3.71. The summed E-state index contributed by atoms with van der Waals surface area (Å²) in [4.78, 5) is 23.5. The van der Waals surface area contributed by atoms with Crippen LogP contribution in [0.5, 0.6) is 0 Å². The number of amides is 1. The van der Waals surface area contributed by atoms with Crippen molar-refractivity contribution < 1.29 is 4.79 Å². The van der Waals surface area contributed by atoms with Gasteiger partial charge in [0.2, 0.25) is 0 Å². The number of hydrogen-bond donors (Lipinski definition) is 1. The molecule has 118 valence electrons. The number of pyridine rings is 1. The Morgan fingerprint density at radius 3 is 2.86 bits per heavy atom. The summed E-state index contributed by atoms with van der Waals surface area (Å²) in [5.74, 6) is 1.38. The molecule has 1 aromatic rings. The lowest BCUT2D eigenvalue weighted by Gasteiger charge is -2.35. The van der Waals surface area contributed by atoms with Gasteiger partial charge in [-0.1, -0.05) is 25.3 Å². The van der Waals surface area contributed by atoms with Crippen LogP contribution in [-0.2, 0) is 11.3 Å². The first-order valence-corrected chi connectivity index (χ1v) is 8.22. The minimum absolute atomic E-state index is 0.0164. The number of carbonyl (C=O) groups is 1. The Kier molecular flexibility index (Phi) is 4.71. The minimum atomic E-state index is -0.244. The van der Waals surface area contributed by atoms with Gasteiger partial charge in [-0.3, -0.25) is 9.59 Å². The zero-order chi connectivity index (χ0) is 15.4. The van der Waals surface area contributed by atoms with Gasteiger partial charge in [0.25, 0.3) is 11.5 Å². The summed E-state index contributed by atoms with van der Waals surface area (Å²) in [6.07, 6.45) is 10.2. The van der Waals surface area contributed by atoms with Gasteiger partial charge in [-0.2, -0.15) is 5.10 Å². The first kappa shape index (κ1) is 15.0. The van der Waals surface area contributed by atoms with Gasteiger partial charge in [0.1, 0.15) is 6.54 Å². The highest BCUT2D eigenvalue weighted by molar-refractivity contribution is 5.87. The largest absolute Gasteiger partial charge is 0.306 e. The van der Waals surface area contributed by atoms with Crippen LogP contribution in [0.25, 0.3) is 0 Å². The summed E-state index contributed by atoms with van der Waals surface area (Å²) >= 11 is 0. The molecule has 1 heterocycles. The van der Waals surface area contributed by atoms with E-state index >= 15 is 0 Å². The van der Waals surface area contributed by atoms with E-state index in [1.807, 2.05) is 0 Å². The van der Waals surface area contributed by atoms with E-state index < -0.39 is 0 Å². The van der Waals surface area contributed by atoms with Crippen molar-refractivity contribution in [3.63, 3.8) is 0 Å². The molecule has 2 aliphatic rings. The van der Waals surface area contributed by atoms with Crippen LogP contribution in [-0.4, -0.2) is 16.2 Å². The molecular weight excluding hydrogens is 278 g/mol. The topological polar surface area (TPSA) is 63.5 Å². The number of carbonyl (C=O) groups excluding carboxylic acids is 1. The Morgan fingerprint density at radius 1 is 1.23 bits per heavy atom. The molecule has 0 spiro atoms. The third-order valence-electron chi connectivity index (χ3n) is 4.92. The van der Waals surface area contributed by atoms with Crippen LogP contribution >= 0.6 is 0 Å². The fraction of sp³-hybridized carbons (Fsp3) is 0.588. The van der Waals surface area contributed by atoms with Crippen LogP contribution in [0, 0.1) is 11.8 Å². The molecule has 5 nitrogen and oxygen atoms in total. The summed E-state index contributed by atoms with van der Waals surface area (Å²) in [6, 6.07) is 4.86. The summed E-state index contributed by atoms with van der Waals surface area (Å²) in [7, 11) is 0. The van der Waals surface area contributed by atoms with Crippen molar-refractivity contribution >= 4 is 11.6 Å². The molecule has 2 atom stereocenters. The molecule has 0 aliphatic heterocycles. The molecule has 2 saturated carbocycles. The predicted octanol–water partition coefficient (Wildman–Crippen LogP) is 2.31. The van der Waals surface area contributed by atoms with Gasteiger partial charge in [0.05, 0.1) is 0 Å². The summed E-state index contributed by atoms with van der Waals surface area (Å²) in [6.45, 7) is 0.0164. The van der Waals surface area contributed by atoms with Crippen LogP contribution in [0.3, 0.4) is 0 Å². The van der Waals surface area contributed by atoms with Crippen LogP contribution in [0.2, 0.25) is 0 Å². The minimum Gasteiger partial charge on any atom is -0.306 e. The van der Waals surface area contributed by atoms with Crippen molar-refractivity contribution in [1.82, 2.24) is 9.99 Å². The first-order chi connectivity index (χ1) is 10.7. The van der Waals surface area contributed by atoms with Crippen molar-refractivity contribution in [2.24, 2.45) is 16.9 Å². The highest BCUT2D eigenvalue weighted by atomic mass is 16.2. The number of rotatable bonds is 3. The lowest BCUT2D eigenvalue weighted by molar-refractivity contribution is -0.121. The van der Waals surface area contributed by atoms with E-state index in [2.05, 4.69) is 10.5 Å². The average molecular weight is 301 g/mol.